The van der Waals surface area contributed by atoms with Gasteiger partial charge >= 0.3 is 0 Å². The zero-order valence-corrected chi connectivity index (χ0v) is 9.31. The van der Waals surface area contributed by atoms with Gasteiger partial charge in [0.15, 0.2) is 0 Å². The van der Waals surface area contributed by atoms with Gasteiger partial charge in [-0.05, 0) is 12.8 Å². The minimum absolute atomic E-state index is 0.0416. The Balaban J connectivity index is 1.90. The summed E-state index contributed by atoms with van der Waals surface area (Å²) in [6.45, 7) is 0. The van der Waals surface area contributed by atoms with Crippen molar-refractivity contribution in [1.82, 2.24) is 15.5 Å². The Bertz CT molecular complexity index is 529. The summed E-state index contributed by atoms with van der Waals surface area (Å²) in [7, 11) is 0. The molecule has 0 atom stereocenters. The summed E-state index contributed by atoms with van der Waals surface area (Å²) in [5.74, 6) is -0.0416. The van der Waals surface area contributed by atoms with E-state index in [1.54, 1.807) is 6.20 Å². The number of benzene rings is 1. The summed E-state index contributed by atoms with van der Waals surface area (Å²) in [6.07, 6.45) is 3.76. The first-order valence-corrected chi connectivity index (χ1v) is 5.74. The van der Waals surface area contributed by atoms with Gasteiger partial charge in [-0.1, -0.05) is 30.3 Å². The highest BCUT2D eigenvalue weighted by Crippen LogP contribution is 2.23. The summed E-state index contributed by atoms with van der Waals surface area (Å²) >= 11 is 0. The van der Waals surface area contributed by atoms with Crippen LogP contribution in [0.2, 0.25) is 0 Å². The van der Waals surface area contributed by atoms with Crippen LogP contribution in [0.15, 0.2) is 36.5 Å². The predicted octanol–water partition coefficient (Wildman–Crippen LogP) is 1.97. The van der Waals surface area contributed by atoms with Gasteiger partial charge in [-0.15, -0.1) is 0 Å². The van der Waals surface area contributed by atoms with Crippen LogP contribution in [0, 0.1) is 0 Å². The van der Waals surface area contributed by atoms with Crippen LogP contribution in [-0.4, -0.2) is 22.1 Å². The number of carbonyl (C=O) groups is 1. The van der Waals surface area contributed by atoms with Gasteiger partial charge in [0.2, 0.25) is 0 Å². The molecule has 1 aliphatic carbocycles. The molecule has 2 N–H and O–H groups in total. The highest BCUT2D eigenvalue weighted by molar-refractivity contribution is 6.00. The lowest BCUT2D eigenvalue weighted by Crippen LogP contribution is -2.25. The van der Waals surface area contributed by atoms with Crippen molar-refractivity contribution >= 4 is 5.91 Å². The molecule has 1 saturated carbocycles. The van der Waals surface area contributed by atoms with Crippen LogP contribution in [0.4, 0.5) is 0 Å². The van der Waals surface area contributed by atoms with Gasteiger partial charge in [-0.25, -0.2) is 0 Å². The molecule has 1 aromatic heterocycles. The van der Waals surface area contributed by atoms with E-state index in [-0.39, 0.29) is 5.91 Å². The molecule has 1 aromatic carbocycles. The first kappa shape index (κ1) is 10.1. The number of carbonyl (C=O) groups excluding carboxylic acids is 1. The molecule has 4 nitrogen and oxygen atoms in total. The molecule has 0 unspecified atom stereocenters. The third-order valence-electron chi connectivity index (χ3n) is 2.86. The van der Waals surface area contributed by atoms with Crippen LogP contribution in [0.1, 0.15) is 23.2 Å². The van der Waals surface area contributed by atoms with E-state index in [4.69, 9.17) is 0 Å². The minimum Gasteiger partial charge on any atom is -0.349 e. The minimum atomic E-state index is -0.0416. The van der Waals surface area contributed by atoms with Gasteiger partial charge < -0.3 is 5.32 Å². The van der Waals surface area contributed by atoms with Crippen molar-refractivity contribution in [3.8, 4) is 11.3 Å². The molecule has 2 aromatic rings. The Morgan fingerprint density at radius 2 is 2.06 bits per heavy atom. The summed E-state index contributed by atoms with van der Waals surface area (Å²) in [5.41, 5.74) is 2.37. The lowest BCUT2D eigenvalue weighted by atomic mass is 10.1. The molecular formula is C13H13N3O. The molecule has 0 saturated heterocycles. The molecule has 0 bridgehead atoms. The molecular weight excluding hydrogens is 214 g/mol. The van der Waals surface area contributed by atoms with Crippen molar-refractivity contribution < 1.29 is 4.79 Å². The zero-order chi connectivity index (χ0) is 11.7. The fourth-order valence-electron chi connectivity index (χ4n) is 1.77. The molecule has 0 radical (unpaired) electrons. The summed E-state index contributed by atoms with van der Waals surface area (Å²) in [4.78, 5) is 12.0. The molecule has 1 heterocycles. The van der Waals surface area contributed by atoms with E-state index in [1.807, 2.05) is 30.3 Å². The smallest absolute Gasteiger partial charge is 0.255 e. The molecule has 1 aliphatic rings. The maximum atomic E-state index is 12.0. The lowest BCUT2D eigenvalue weighted by molar-refractivity contribution is 0.0952. The second-order valence-electron chi connectivity index (χ2n) is 4.27. The Labute approximate surface area is 99.1 Å². The van der Waals surface area contributed by atoms with Crippen LogP contribution in [0.5, 0.6) is 0 Å². The molecule has 86 valence electrons. The molecule has 1 amide bonds. The summed E-state index contributed by atoms with van der Waals surface area (Å²) in [5, 5.41) is 9.81. The van der Waals surface area contributed by atoms with Gasteiger partial charge in [-0.3, -0.25) is 9.89 Å². The van der Waals surface area contributed by atoms with E-state index < -0.39 is 0 Å². The van der Waals surface area contributed by atoms with Crippen molar-refractivity contribution in [3.05, 3.63) is 42.1 Å². The average Bonchev–Trinajstić information content (AvgIpc) is 3.04. The first-order chi connectivity index (χ1) is 8.34. The number of aromatic amines is 1. The van der Waals surface area contributed by atoms with Crippen LogP contribution < -0.4 is 5.32 Å². The predicted molar refractivity (Wildman–Crippen MR) is 64.5 cm³/mol. The number of amides is 1. The Kier molecular flexibility index (Phi) is 2.40. The van der Waals surface area contributed by atoms with Gasteiger partial charge in [-0.2, -0.15) is 5.10 Å². The highest BCUT2D eigenvalue weighted by atomic mass is 16.1. The monoisotopic (exact) mass is 227 g/mol. The number of H-pyrrole nitrogens is 1. The van der Waals surface area contributed by atoms with Crippen LogP contribution in [-0.2, 0) is 0 Å². The number of rotatable bonds is 3. The normalized spacial score (nSPS) is 14.6. The molecule has 3 rings (SSSR count). The van der Waals surface area contributed by atoms with Crippen molar-refractivity contribution in [2.45, 2.75) is 18.9 Å². The summed E-state index contributed by atoms with van der Waals surface area (Å²) < 4.78 is 0. The van der Waals surface area contributed by atoms with Crippen molar-refractivity contribution in [1.29, 1.82) is 0 Å². The van der Waals surface area contributed by atoms with Crippen molar-refractivity contribution in [3.63, 3.8) is 0 Å². The fraction of sp³-hybridized carbons (Fsp3) is 0.231. The van der Waals surface area contributed by atoms with Crippen LogP contribution in [0.25, 0.3) is 11.3 Å². The number of hydrogen-bond donors (Lipinski definition) is 2. The van der Waals surface area contributed by atoms with Crippen LogP contribution in [0.3, 0.4) is 0 Å². The second-order valence-corrected chi connectivity index (χ2v) is 4.27. The van der Waals surface area contributed by atoms with E-state index in [2.05, 4.69) is 15.5 Å². The van der Waals surface area contributed by atoms with Gasteiger partial charge in [0.1, 0.15) is 0 Å². The molecule has 1 fully saturated rings. The Hall–Kier alpha value is -2.10. The summed E-state index contributed by atoms with van der Waals surface area (Å²) in [6, 6.07) is 10.1. The average molecular weight is 227 g/mol. The molecule has 0 aliphatic heterocycles. The standard InChI is InChI=1S/C13H13N3O/c17-13(15-10-6-7-10)11-8-14-16-12(11)9-4-2-1-3-5-9/h1-5,8,10H,6-7H2,(H,14,16)(H,15,17). The molecule has 17 heavy (non-hydrogen) atoms. The number of aromatic nitrogens is 2. The van der Waals surface area contributed by atoms with Gasteiger partial charge in [0.25, 0.3) is 5.91 Å². The third-order valence-corrected chi connectivity index (χ3v) is 2.86. The Morgan fingerprint density at radius 3 is 2.76 bits per heavy atom. The van der Waals surface area contributed by atoms with E-state index in [0.717, 1.165) is 24.1 Å². The van der Waals surface area contributed by atoms with E-state index in [1.165, 1.54) is 0 Å². The third kappa shape index (κ3) is 2.06. The van der Waals surface area contributed by atoms with Gasteiger partial charge in [0, 0.05) is 11.6 Å². The molecule has 4 heteroatoms. The highest BCUT2D eigenvalue weighted by Gasteiger charge is 2.25. The van der Waals surface area contributed by atoms with E-state index in [9.17, 15) is 4.79 Å². The first-order valence-electron chi connectivity index (χ1n) is 5.74. The molecule has 0 spiro atoms. The van der Waals surface area contributed by atoms with Crippen molar-refractivity contribution in [2.75, 3.05) is 0 Å². The number of hydrogen-bond acceptors (Lipinski definition) is 2. The largest absolute Gasteiger partial charge is 0.349 e. The maximum absolute atomic E-state index is 12.0. The van der Waals surface area contributed by atoms with Crippen molar-refractivity contribution in [2.24, 2.45) is 0 Å². The quantitative estimate of drug-likeness (QED) is 0.842. The topological polar surface area (TPSA) is 57.8 Å². The number of nitrogens with zero attached hydrogens (tertiary/aromatic N) is 1. The van der Waals surface area contributed by atoms with E-state index in [0.29, 0.717) is 11.6 Å². The Morgan fingerprint density at radius 1 is 1.29 bits per heavy atom. The fourth-order valence-corrected chi connectivity index (χ4v) is 1.77. The van der Waals surface area contributed by atoms with Gasteiger partial charge in [0.05, 0.1) is 17.5 Å². The zero-order valence-electron chi connectivity index (χ0n) is 9.31. The number of nitrogens with one attached hydrogen (secondary N) is 2. The second kappa shape index (κ2) is 4.05. The van der Waals surface area contributed by atoms with Crippen LogP contribution >= 0.6 is 0 Å². The SMILES string of the molecule is O=C(NC1CC1)c1cn[nH]c1-c1ccccc1. The van der Waals surface area contributed by atoms with E-state index >= 15 is 0 Å². The lowest BCUT2D eigenvalue weighted by Gasteiger charge is -2.04. The maximum Gasteiger partial charge on any atom is 0.255 e.